The largest absolute Gasteiger partial charge is 0.444 e. The van der Waals surface area contributed by atoms with Crippen LogP contribution < -0.4 is 16.0 Å². The molecule has 1 heterocycles. The zero-order valence-electron chi connectivity index (χ0n) is 21.9. The van der Waals surface area contributed by atoms with Gasteiger partial charge in [0.05, 0.1) is 29.1 Å². The maximum absolute atomic E-state index is 12.9. The summed E-state index contributed by atoms with van der Waals surface area (Å²) in [5, 5.41) is 8.96. The lowest BCUT2D eigenvalue weighted by Crippen LogP contribution is -2.27. The Bertz CT molecular complexity index is 1250. The van der Waals surface area contributed by atoms with Gasteiger partial charge in [-0.2, -0.15) is 0 Å². The van der Waals surface area contributed by atoms with Crippen LogP contribution in [0.25, 0.3) is 10.9 Å². The molecule has 0 fully saturated rings. The number of hydrogen-bond donors (Lipinski definition) is 3. The molecule has 3 N–H and O–H groups in total. The molecule has 3 aromatic rings. The quantitative estimate of drug-likeness (QED) is 0.349. The highest BCUT2D eigenvalue weighted by Crippen LogP contribution is 2.23. The third-order valence-corrected chi connectivity index (χ3v) is 4.78. The van der Waals surface area contributed by atoms with E-state index in [1.54, 1.807) is 69.3 Å². The molecule has 0 radical (unpaired) electrons. The van der Waals surface area contributed by atoms with E-state index in [4.69, 9.17) is 4.74 Å². The van der Waals surface area contributed by atoms with E-state index in [2.05, 4.69) is 20.9 Å². The Balaban J connectivity index is 0.00000235. The zero-order valence-corrected chi connectivity index (χ0v) is 21.9. The Labute approximate surface area is 217 Å². The summed E-state index contributed by atoms with van der Waals surface area (Å²) >= 11 is 0. The van der Waals surface area contributed by atoms with Gasteiger partial charge in [0.1, 0.15) is 11.9 Å². The van der Waals surface area contributed by atoms with Gasteiger partial charge in [0.25, 0.3) is 5.91 Å². The minimum Gasteiger partial charge on any atom is -0.444 e. The molecule has 3 amide bonds. The summed E-state index contributed by atoms with van der Waals surface area (Å²) in [5.74, 6) is -0.565. The fourth-order valence-electron chi connectivity index (χ4n) is 3.18. The second kappa shape index (κ2) is 13.7. The van der Waals surface area contributed by atoms with Crippen molar-refractivity contribution in [2.45, 2.75) is 59.6 Å². The predicted octanol–water partition coefficient (Wildman–Crippen LogP) is 5.46. The normalized spacial score (nSPS) is 10.5. The van der Waals surface area contributed by atoms with E-state index in [0.29, 0.717) is 34.4 Å². The molecule has 0 aliphatic heterocycles. The van der Waals surface area contributed by atoms with Crippen molar-refractivity contribution in [2.24, 2.45) is 0 Å². The number of para-hydroxylation sites is 2. The van der Waals surface area contributed by atoms with Crippen molar-refractivity contribution in [1.82, 2.24) is 10.3 Å². The van der Waals surface area contributed by atoms with Gasteiger partial charge in [0, 0.05) is 23.8 Å². The number of fused-ring (bicyclic) bond motifs is 1. The third kappa shape index (κ3) is 9.36. The molecule has 3 rings (SSSR count). The fourth-order valence-corrected chi connectivity index (χ4v) is 3.18. The lowest BCUT2D eigenvalue weighted by atomic mass is 10.1. The standard InChI is InChI=1S/C26H28N4O5.C2H6/c1-26(2,3)35-25(34)30-22-8-5-4-7-21(22)29-24(33)18-11-13-20-17(15-18)10-12-19(28-20)16-27-23(32)9-6-14-31;1-2/h4-5,7-8,10-15H,6,9,16H2,1-3H3,(H,27,32)(H,29,33)(H,30,34);1-2H3. The number of amides is 3. The monoisotopic (exact) mass is 506 g/mol. The number of nitrogens with zero attached hydrogens (tertiary/aromatic N) is 1. The fraction of sp³-hybridized carbons (Fsp3) is 0.321. The van der Waals surface area contributed by atoms with E-state index in [1.807, 2.05) is 19.9 Å². The van der Waals surface area contributed by atoms with Gasteiger partial charge in [-0.05, 0) is 57.2 Å². The van der Waals surface area contributed by atoms with Crippen LogP contribution in [0.3, 0.4) is 0 Å². The third-order valence-electron chi connectivity index (χ3n) is 4.78. The van der Waals surface area contributed by atoms with Crippen LogP contribution in [0.4, 0.5) is 16.2 Å². The Hall–Kier alpha value is -4.27. The second-order valence-electron chi connectivity index (χ2n) is 8.82. The first-order valence-electron chi connectivity index (χ1n) is 12.1. The summed E-state index contributed by atoms with van der Waals surface area (Å²) in [6.07, 6.45) is 0.416. The van der Waals surface area contributed by atoms with Gasteiger partial charge >= 0.3 is 6.09 Å². The Morgan fingerprint density at radius 3 is 2.27 bits per heavy atom. The van der Waals surface area contributed by atoms with Crippen molar-refractivity contribution in [3.63, 3.8) is 0 Å². The Kier molecular flexibility index (Phi) is 10.7. The van der Waals surface area contributed by atoms with Gasteiger partial charge in [-0.25, -0.2) is 4.79 Å². The molecule has 0 unspecified atom stereocenters. The average molecular weight is 507 g/mol. The van der Waals surface area contributed by atoms with Gasteiger partial charge in [0.2, 0.25) is 5.91 Å². The van der Waals surface area contributed by atoms with Crippen LogP contribution in [-0.4, -0.2) is 34.8 Å². The summed E-state index contributed by atoms with van der Waals surface area (Å²) in [7, 11) is 0. The smallest absolute Gasteiger partial charge is 0.412 e. The molecule has 0 saturated heterocycles. The van der Waals surface area contributed by atoms with E-state index < -0.39 is 11.7 Å². The number of aldehydes is 1. The van der Waals surface area contributed by atoms with Crippen molar-refractivity contribution in [2.75, 3.05) is 10.6 Å². The number of ether oxygens (including phenoxy) is 1. The van der Waals surface area contributed by atoms with Crippen molar-refractivity contribution in [1.29, 1.82) is 0 Å². The summed E-state index contributed by atoms with van der Waals surface area (Å²) < 4.78 is 5.28. The molecule has 0 saturated carbocycles. The highest BCUT2D eigenvalue weighted by molar-refractivity contribution is 6.08. The van der Waals surface area contributed by atoms with Crippen LogP contribution in [0, 0.1) is 0 Å². The number of anilines is 2. The van der Waals surface area contributed by atoms with E-state index in [-0.39, 0.29) is 31.2 Å². The van der Waals surface area contributed by atoms with Crippen LogP contribution in [0.2, 0.25) is 0 Å². The van der Waals surface area contributed by atoms with Crippen LogP contribution in [0.1, 0.15) is 63.5 Å². The Morgan fingerprint density at radius 2 is 1.62 bits per heavy atom. The van der Waals surface area contributed by atoms with Gasteiger partial charge in [0.15, 0.2) is 0 Å². The minimum atomic E-state index is -0.650. The molecule has 9 nitrogen and oxygen atoms in total. The van der Waals surface area contributed by atoms with Gasteiger partial charge in [-0.1, -0.05) is 32.0 Å². The van der Waals surface area contributed by atoms with Crippen LogP contribution >= 0.6 is 0 Å². The average Bonchev–Trinajstić information content (AvgIpc) is 2.87. The molecule has 2 aromatic carbocycles. The predicted molar refractivity (Wildman–Crippen MR) is 144 cm³/mol. The Morgan fingerprint density at radius 1 is 0.946 bits per heavy atom. The zero-order chi connectivity index (χ0) is 27.4. The van der Waals surface area contributed by atoms with Gasteiger partial charge in [-0.3, -0.25) is 19.9 Å². The number of benzene rings is 2. The maximum atomic E-state index is 12.9. The lowest BCUT2D eigenvalue weighted by molar-refractivity contribution is -0.122. The van der Waals surface area contributed by atoms with E-state index >= 15 is 0 Å². The summed E-state index contributed by atoms with van der Waals surface area (Å²) in [5.41, 5.74) is 1.95. The van der Waals surface area contributed by atoms with Gasteiger partial charge in [-0.15, -0.1) is 0 Å². The summed E-state index contributed by atoms with van der Waals surface area (Å²) in [6, 6.07) is 15.5. The highest BCUT2D eigenvalue weighted by Gasteiger charge is 2.18. The molecule has 0 aliphatic rings. The molecule has 1 aromatic heterocycles. The SMILES string of the molecule is CC.CC(C)(C)OC(=O)Nc1ccccc1NC(=O)c1ccc2nc(CNC(=O)CCC=O)ccc2c1. The number of rotatable bonds is 8. The molecule has 0 bridgehead atoms. The number of nitrogens with one attached hydrogen (secondary N) is 3. The van der Waals surface area contributed by atoms with E-state index in [1.165, 1.54) is 0 Å². The van der Waals surface area contributed by atoms with Crippen LogP contribution in [0.15, 0.2) is 54.6 Å². The first-order chi connectivity index (χ1) is 17.6. The molecule has 0 aliphatic carbocycles. The van der Waals surface area contributed by atoms with Crippen molar-refractivity contribution in [3.8, 4) is 0 Å². The number of hydrogen-bond acceptors (Lipinski definition) is 6. The summed E-state index contributed by atoms with van der Waals surface area (Å²) in [4.78, 5) is 51.6. The molecule has 0 atom stereocenters. The molecule has 9 heteroatoms. The number of aromatic nitrogens is 1. The van der Waals surface area contributed by atoms with Crippen molar-refractivity contribution < 1.29 is 23.9 Å². The highest BCUT2D eigenvalue weighted by atomic mass is 16.6. The topological polar surface area (TPSA) is 126 Å². The minimum absolute atomic E-state index is 0.145. The van der Waals surface area contributed by atoms with Crippen molar-refractivity contribution in [3.05, 3.63) is 65.9 Å². The van der Waals surface area contributed by atoms with Crippen LogP contribution in [0.5, 0.6) is 0 Å². The lowest BCUT2D eigenvalue weighted by Gasteiger charge is -2.20. The molecular weight excluding hydrogens is 472 g/mol. The number of carbonyl (C=O) groups is 4. The van der Waals surface area contributed by atoms with Crippen LogP contribution in [-0.2, 0) is 20.9 Å². The molecule has 37 heavy (non-hydrogen) atoms. The maximum Gasteiger partial charge on any atom is 0.412 e. The second-order valence-corrected chi connectivity index (χ2v) is 8.82. The first kappa shape index (κ1) is 29.0. The van der Waals surface area contributed by atoms with E-state index in [0.717, 1.165) is 5.39 Å². The molecular formula is C28H34N4O5. The molecule has 196 valence electrons. The number of pyridine rings is 1. The van der Waals surface area contributed by atoms with Gasteiger partial charge < -0.3 is 20.2 Å². The summed E-state index contributed by atoms with van der Waals surface area (Å²) in [6.45, 7) is 9.55. The van der Waals surface area contributed by atoms with E-state index in [9.17, 15) is 19.2 Å². The first-order valence-corrected chi connectivity index (χ1v) is 12.1. The number of carbonyl (C=O) groups excluding carboxylic acids is 4. The molecule has 0 spiro atoms. The van der Waals surface area contributed by atoms with Crippen molar-refractivity contribution >= 4 is 46.5 Å².